The topological polar surface area (TPSA) is 76.4 Å². The molecule has 1 fully saturated rings. The number of benzene rings is 2. The van der Waals surface area contributed by atoms with Crippen LogP contribution in [0, 0.1) is 0 Å². The lowest BCUT2D eigenvalue weighted by atomic mass is 9.89. The summed E-state index contributed by atoms with van der Waals surface area (Å²) in [6.45, 7) is 5.30. The fraction of sp³-hybridized carbons (Fsp3) is 0.360. The summed E-state index contributed by atoms with van der Waals surface area (Å²) >= 11 is 0. The van der Waals surface area contributed by atoms with Crippen LogP contribution >= 0.6 is 0 Å². The lowest BCUT2D eigenvalue weighted by Crippen LogP contribution is -2.32. The quantitative estimate of drug-likeness (QED) is 0.443. The van der Waals surface area contributed by atoms with Gasteiger partial charge in [-0.25, -0.2) is 0 Å². The van der Waals surface area contributed by atoms with Gasteiger partial charge in [0.05, 0.1) is 20.3 Å². The largest absolute Gasteiger partial charge is 0.497 e. The maximum Gasteiger partial charge on any atom is 0.241 e. The number of aromatic amines is 1. The number of rotatable bonds is 7. The molecule has 32 heavy (non-hydrogen) atoms. The van der Waals surface area contributed by atoms with Crippen LogP contribution in [-0.4, -0.2) is 46.8 Å². The van der Waals surface area contributed by atoms with E-state index in [1.54, 1.807) is 7.11 Å². The van der Waals surface area contributed by atoms with E-state index in [0.717, 1.165) is 48.5 Å². The Morgan fingerprint density at radius 2 is 1.88 bits per heavy atom. The third-order valence-electron chi connectivity index (χ3n) is 6.20. The number of H-pyrrole nitrogens is 1. The van der Waals surface area contributed by atoms with Crippen molar-refractivity contribution in [1.29, 1.82) is 0 Å². The number of aromatic nitrogens is 3. The smallest absolute Gasteiger partial charge is 0.241 e. The Hall–Kier alpha value is -3.32. The Kier molecular flexibility index (Phi) is 5.81. The van der Waals surface area contributed by atoms with Crippen molar-refractivity contribution >= 4 is 10.9 Å². The Morgan fingerprint density at radius 1 is 1.09 bits per heavy atom. The van der Waals surface area contributed by atoms with E-state index in [1.807, 2.05) is 37.3 Å². The van der Waals surface area contributed by atoms with E-state index < -0.39 is 0 Å². The summed E-state index contributed by atoms with van der Waals surface area (Å²) in [6.07, 6.45) is 4.36. The molecular formula is C25H28N4O3. The van der Waals surface area contributed by atoms with E-state index in [-0.39, 0.29) is 0 Å². The molecule has 166 valence electrons. The molecule has 0 unspecified atom stereocenters. The van der Waals surface area contributed by atoms with E-state index >= 15 is 0 Å². The molecule has 1 saturated heterocycles. The average molecular weight is 433 g/mol. The standard InChI is InChI=1S/C25H28N4O3/c1-3-31-19-6-4-18(5-7-19)25-27-24(32-28-25)16-29-12-10-17(11-13-29)22-15-26-23-9-8-20(30-2)14-21(22)23/h4-9,14-15,17,26H,3,10-13,16H2,1-2H3. The molecule has 0 amide bonds. The second kappa shape index (κ2) is 9.04. The molecular weight excluding hydrogens is 404 g/mol. The summed E-state index contributed by atoms with van der Waals surface area (Å²) in [5.41, 5.74) is 3.47. The van der Waals surface area contributed by atoms with Crippen molar-refractivity contribution in [2.24, 2.45) is 0 Å². The molecule has 5 rings (SSSR count). The van der Waals surface area contributed by atoms with Gasteiger partial charge in [-0.3, -0.25) is 4.90 Å². The van der Waals surface area contributed by atoms with E-state index in [4.69, 9.17) is 14.0 Å². The Balaban J connectivity index is 1.20. The van der Waals surface area contributed by atoms with Crippen LogP contribution in [0.3, 0.4) is 0 Å². The zero-order valence-corrected chi connectivity index (χ0v) is 18.5. The highest BCUT2D eigenvalue weighted by Gasteiger charge is 2.24. The molecule has 0 bridgehead atoms. The predicted octanol–water partition coefficient (Wildman–Crippen LogP) is 5.00. The van der Waals surface area contributed by atoms with Crippen molar-refractivity contribution in [2.75, 3.05) is 26.8 Å². The van der Waals surface area contributed by atoms with Gasteiger partial charge in [0, 0.05) is 22.7 Å². The minimum Gasteiger partial charge on any atom is -0.497 e. The fourth-order valence-corrected chi connectivity index (χ4v) is 4.48. The lowest BCUT2D eigenvalue weighted by Gasteiger charge is -2.30. The number of likely N-dealkylation sites (tertiary alicyclic amines) is 1. The number of piperidine rings is 1. The van der Waals surface area contributed by atoms with Gasteiger partial charge in [0.1, 0.15) is 11.5 Å². The number of methoxy groups -OCH3 is 1. The minimum absolute atomic E-state index is 0.536. The van der Waals surface area contributed by atoms with Crippen LogP contribution in [0.25, 0.3) is 22.3 Å². The number of hydrogen-bond donors (Lipinski definition) is 1. The highest BCUT2D eigenvalue weighted by molar-refractivity contribution is 5.85. The zero-order valence-electron chi connectivity index (χ0n) is 18.5. The summed E-state index contributed by atoms with van der Waals surface area (Å²) in [7, 11) is 1.71. The molecule has 0 spiro atoms. The molecule has 2 aromatic heterocycles. The predicted molar refractivity (Wildman–Crippen MR) is 123 cm³/mol. The van der Waals surface area contributed by atoms with Crippen molar-refractivity contribution < 1.29 is 14.0 Å². The number of hydrogen-bond acceptors (Lipinski definition) is 6. The number of nitrogens with one attached hydrogen (secondary N) is 1. The van der Waals surface area contributed by atoms with Gasteiger partial charge in [0.25, 0.3) is 0 Å². The molecule has 1 N–H and O–H groups in total. The highest BCUT2D eigenvalue weighted by Crippen LogP contribution is 2.35. The second-order valence-corrected chi connectivity index (χ2v) is 8.18. The fourth-order valence-electron chi connectivity index (χ4n) is 4.48. The Bertz CT molecular complexity index is 1170. The van der Waals surface area contributed by atoms with Gasteiger partial charge in [-0.2, -0.15) is 4.98 Å². The molecule has 0 radical (unpaired) electrons. The van der Waals surface area contributed by atoms with Crippen LogP contribution in [-0.2, 0) is 6.54 Å². The van der Waals surface area contributed by atoms with Crippen LogP contribution in [0.1, 0.15) is 37.1 Å². The molecule has 1 aliphatic heterocycles. The maximum absolute atomic E-state index is 5.53. The van der Waals surface area contributed by atoms with Crippen molar-refractivity contribution in [3.63, 3.8) is 0 Å². The van der Waals surface area contributed by atoms with Gasteiger partial charge in [-0.15, -0.1) is 0 Å². The molecule has 1 aliphatic rings. The molecule has 4 aromatic rings. The van der Waals surface area contributed by atoms with Crippen molar-refractivity contribution in [3.8, 4) is 22.9 Å². The molecule has 7 heteroatoms. The molecule has 2 aromatic carbocycles. The van der Waals surface area contributed by atoms with Gasteiger partial charge in [-0.05, 0) is 86.8 Å². The van der Waals surface area contributed by atoms with Crippen LogP contribution in [0.4, 0.5) is 0 Å². The summed E-state index contributed by atoms with van der Waals surface area (Å²) in [5, 5.41) is 5.43. The van der Waals surface area contributed by atoms with Crippen LogP contribution in [0.2, 0.25) is 0 Å². The van der Waals surface area contributed by atoms with Crippen molar-refractivity contribution in [1.82, 2.24) is 20.0 Å². The van der Waals surface area contributed by atoms with Gasteiger partial charge in [0.2, 0.25) is 11.7 Å². The summed E-state index contributed by atoms with van der Waals surface area (Å²) in [5.74, 6) is 3.55. The van der Waals surface area contributed by atoms with Crippen molar-refractivity contribution in [3.05, 3.63) is 60.1 Å². The van der Waals surface area contributed by atoms with E-state index in [1.165, 1.54) is 10.9 Å². The number of ether oxygens (including phenoxy) is 2. The lowest BCUT2D eigenvalue weighted by molar-refractivity contribution is 0.181. The van der Waals surface area contributed by atoms with Crippen LogP contribution < -0.4 is 9.47 Å². The highest BCUT2D eigenvalue weighted by atomic mass is 16.5. The monoisotopic (exact) mass is 432 g/mol. The SMILES string of the molecule is CCOc1ccc(-c2noc(CN3CCC(c4c[nH]c5ccc(OC)cc45)CC3)n2)cc1. The van der Waals surface area contributed by atoms with E-state index in [2.05, 4.69) is 38.4 Å². The first-order valence-corrected chi connectivity index (χ1v) is 11.2. The van der Waals surface area contributed by atoms with Crippen LogP contribution in [0.15, 0.2) is 53.2 Å². The normalized spacial score (nSPS) is 15.3. The molecule has 0 atom stereocenters. The Labute approximate surface area is 187 Å². The van der Waals surface area contributed by atoms with Crippen LogP contribution in [0.5, 0.6) is 11.5 Å². The number of fused-ring (bicyclic) bond motifs is 1. The zero-order chi connectivity index (χ0) is 21.9. The number of nitrogens with zero attached hydrogens (tertiary/aromatic N) is 3. The van der Waals surface area contributed by atoms with Crippen molar-refractivity contribution in [2.45, 2.75) is 32.2 Å². The van der Waals surface area contributed by atoms with Gasteiger partial charge in [0.15, 0.2) is 0 Å². The second-order valence-electron chi connectivity index (χ2n) is 8.18. The molecule has 0 aliphatic carbocycles. The first kappa shape index (κ1) is 20.6. The van der Waals surface area contributed by atoms with E-state index in [0.29, 0.717) is 30.8 Å². The molecule has 0 saturated carbocycles. The Morgan fingerprint density at radius 3 is 2.62 bits per heavy atom. The third kappa shape index (κ3) is 4.21. The maximum atomic E-state index is 5.53. The summed E-state index contributed by atoms with van der Waals surface area (Å²) in [4.78, 5) is 10.4. The average Bonchev–Trinajstić information content (AvgIpc) is 3.47. The third-order valence-corrected chi connectivity index (χ3v) is 6.20. The summed E-state index contributed by atoms with van der Waals surface area (Å²) < 4.78 is 16.4. The van der Waals surface area contributed by atoms with Gasteiger partial charge in [-0.1, -0.05) is 5.16 Å². The first-order chi connectivity index (χ1) is 15.7. The minimum atomic E-state index is 0.536. The molecule has 7 nitrogen and oxygen atoms in total. The summed E-state index contributed by atoms with van der Waals surface area (Å²) in [6, 6.07) is 14.0. The molecule has 3 heterocycles. The van der Waals surface area contributed by atoms with Gasteiger partial charge < -0.3 is 19.0 Å². The van der Waals surface area contributed by atoms with E-state index in [9.17, 15) is 0 Å². The first-order valence-electron chi connectivity index (χ1n) is 11.2. The van der Waals surface area contributed by atoms with Gasteiger partial charge >= 0.3 is 0 Å².